The van der Waals surface area contributed by atoms with E-state index in [1.54, 1.807) is 5.57 Å². The van der Waals surface area contributed by atoms with Gasteiger partial charge in [0.2, 0.25) is 0 Å². The largest absolute Gasteiger partial charge is 0.360 e. The third-order valence-electron chi connectivity index (χ3n) is 6.00. The molecule has 1 saturated carbocycles. The summed E-state index contributed by atoms with van der Waals surface area (Å²) < 4.78 is 0. The van der Waals surface area contributed by atoms with Gasteiger partial charge in [-0.3, -0.25) is 0 Å². The maximum absolute atomic E-state index is 3.77. The van der Waals surface area contributed by atoms with Gasteiger partial charge in [0, 0.05) is 23.6 Å². The van der Waals surface area contributed by atoms with Gasteiger partial charge in [0.25, 0.3) is 0 Å². The second-order valence-corrected chi connectivity index (χ2v) is 7.38. The van der Waals surface area contributed by atoms with Gasteiger partial charge < -0.3 is 10.2 Å². The van der Waals surface area contributed by atoms with Gasteiger partial charge in [0.1, 0.15) is 0 Å². The first-order chi connectivity index (χ1) is 11.4. The quantitative estimate of drug-likeness (QED) is 0.863. The molecule has 23 heavy (non-hydrogen) atoms. The van der Waals surface area contributed by atoms with Gasteiger partial charge in [-0.1, -0.05) is 30.7 Å². The number of benzene rings is 1. The lowest BCUT2D eigenvalue weighted by atomic mass is 9.77. The van der Waals surface area contributed by atoms with Gasteiger partial charge in [-0.25, -0.2) is 0 Å². The Kier molecular flexibility index (Phi) is 3.10. The smallest absolute Gasteiger partial charge is 0.0527 e. The van der Waals surface area contributed by atoms with Crippen LogP contribution in [0.25, 0.3) is 0 Å². The summed E-state index contributed by atoms with van der Waals surface area (Å²) in [5.74, 6) is 0.824. The fourth-order valence-electron chi connectivity index (χ4n) is 4.48. The molecule has 1 aromatic carbocycles. The molecule has 5 rings (SSSR count). The molecule has 0 bridgehead atoms. The third kappa shape index (κ3) is 2.23. The predicted octanol–water partition coefficient (Wildman–Crippen LogP) is 4.53. The normalized spacial score (nSPS) is 26.8. The molecule has 2 heteroatoms. The van der Waals surface area contributed by atoms with Crippen molar-refractivity contribution in [3.63, 3.8) is 0 Å². The van der Waals surface area contributed by atoms with E-state index in [1.165, 1.54) is 61.2 Å². The molecule has 1 fully saturated rings. The second kappa shape index (κ2) is 5.30. The van der Waals surface area contributed by atoms with Gasteiger partial charge in [-0.2, -0.15) is 0 Å². The van der Waals surface area contributed by atoms with Crippen LogP contribution in [0.3, 0.4) is 0 Å². The van der Waals surface area contributed by atoms with Crippen molar-refractivity contribution in [2.45, 2.75) is 44.6 Å². The standard InChI is InChI=1S/C21H24N2/c1-2-9-18(10-3-1)23-14-17-12-16-8-5-11-19(16)22-20(17)13-21(23)15-6-4-7-15/h1-3,9-10,12-13,15,21-22H,4-8,11,14H2. The first-order valence-corrected chi connectivity index (χ1v) is 9.12. The summed E-state index contributed by atoms with van der Waals surface area (Å²) in [6.07, 6.45) is 12.9. The third-order valence-corrected chi connectivity index (χ3v) is 6.00. The van der Waals surface area contributed by atoms with Gasteiger partial charge in [0.05, 0.1) is 6.04 Å². The van der Waals surface area contributed by atoms with Gasteiger partial charge in [-0.15, -0.1) is 0 Å². The van der Waals surface area contributed by atoms with Crippen LogP contribution in [-0.2, 0) is 0 Å². The summed E-state index contributed by atoms with van der Waals surface area (Å²) in [4.78, 5) is 2.63. The molecule has 4 aliphatic rings. The fraction of sp³-hybridized carbons (Fsp3) is 0.429. The molecule has 2 heterocycles. The zero-order valence-corrected chi connectivity index (χ0v) is 13.6. The topological polar surface area (TPSA) is 15.3 Å². The lowest BCUT2D eigenvalue weighted by molar-refractivity contribution is 0.278. The average Bonchev–Trinajstić information content (AvgIpc) is 2.98. The van der Waals surface area contributed by atoms with Crippen LogP contribution in [0.4, 0.5) is 5.69 Å². The van der Waals surface area contributed by atoms with E-state index in [9.17, 15) is 0 Å². The highest BCUT2D eigenvalue weighted by Crippen LogP contribution is 2.41. The highest BCUT2D eigenvalue weighted by Gasteiger charge is 2.36. The summed E-state index contributed by atoms with van der Waals surface area (Å²) in [5.41, 5.74) is 7.28. The Hall–Kier alpha value is -1.96. The number of hydrogen-bond donors (Lipinski definition) is 1. The van der Waals surface area contributed by atoms with E-state index < -0.39 is 0 Å². The van der Waals surface area contributed by atoms with E-state index >= 15 is 0 Å². The maximum Gasteiger partial charge on any atom is 0.0527 e. The van der Waals surface area contributed by atoms with Crippen molar-refractivity contribution >= 4 is 5.69 Å². The van der Waals surface area contributed by atoms with Crippen LogP contribution in [0.1, 0.15) is 38.5 Å². The molecule has 118 valence electrons. The van der Waals surface area contributed by atoms with Crippen LogP contribution in [0.2, 0.25) is 0 Å². The Morgan fingerprint density at radius 2 is 1.87 bits per heavy atom. The maximum atomic E-state index is 3.77. The molecular weight excluding hydrogens is 280 g/mol. The zero-order valence-electron chi connectivity index (χ0n) is 13.6. The van der Waals surface area contributed by atoms with Gasteiger partial charge in [0.15, 0.2) is 0 Å². The molecule has 0 amide bonds. The van der Waals surface area contributed by atoms with Crippen molar-refractivity contribution in [3.05, 3.63) is 65.0 Å². The lowest BCUT2D eigenvalue weighted by Gasteiger charge is -2.45. The number of nitrogens with zero attached hydrogens (tertiary/aromatic N) is 1. The second-order valence-electron chi connectivity index (χ2n) is 7.38. The molecule has 1 unspecified atom stereocenters. The molecule has 0 aromatic heterocycles. The number of fused-ring (bicyclic) bond motifs is 1. The fourth-order valence-corrected chi connectivity index (χ4v) is 4.48. The average molecular weight is 304 g/mol. The Balaban J connectivity index is 1.54. The molecule has 0 spiro atoms. The summed E-state index contributed by atoms with van der Waals surface area (Å²) in [5, 5.41) is 3.77. The number of anilines is 1. The van der Waals surface area contributed by atoms with Crippen molar-refractivity contribution < 1.29 is 0 Å². The number of dihydropyridines is 1. The van der Waals surface area contributed by atoms with E-state index in [0.29, 0.717) is 6.04 Å². The minimum absolute atomic E-state index is 0.550. The number of rotatable bonds is 2. The monoisotopic (exact) mass is 304 g/mol. The molecule has 1 aromatic rings. The van der Waals surface area contributed by atoms with Crippen molar-refractivity contribution in [2.24, 2.45) is 5.92 Å². The summed E-state index contributed by atoms with van der Waals surface area (Å²) in [6, 6.07) is 11.5. The summed E-state index contributed by atoms with van der Waals surface area (Å²) >= 11 is 0. The Morgan fingerprint density at radius 1 is 1.00 bits per heavy atom. The van der Waals surface area contributed by atoms with Crippen LogP contribution in [0, 0.1) is 5.92 Å². The Bertz CT molecular complexity index is 707. The minimum atomic E-state index is 0.550. The Morgan fingerprint density at radius 3 is 2.65 bits per heavy atom. The SMILES string of the molecule is C1=C2CN(c3ccccc3)C(C3CCC3)C=C2NC2=C1CCC2. The van der Waals surface area contributed by atoms with E-state index in [0.717, 1.165) is 12.5 Å². The van der Waals surface area contributed by atoms with Gasteiger partial charge >= 0.3 is 0 Å². The number of nitrogens with one attached hydrogen (secondary N) is 1. The minimum Gasteiger partial charge on any atom is -0.360 e. The number of hydrogen-bond acceptors (Lipinski definition) is 2. The van der Waals surface area contributed by atoms with Crippen molar-refractivity contribution in [2.75, 3.05) is 11.4 Å². The summed E-state index contributed by atoms with van der Waals surface area (Å²) in [6.45, 7) is 1.04. The molecule has 0 saturated heterocycles. The van der Waals surface area contributed by atoms with Crippen LogP contribution < -0.4 is 10.2 Å². The molecule has 2 aliphatic carbocycles. The van der Waals surface area contributed by atoms with Crippen LogP contribution in [0.15, 0.2) is 65.0 Å². The van der Waals surface area contributed by atoms with Crippen LogP contribution in [0.5, 0.6) is 0 Å². The van der Waals surface area contributed by atoms with Crippen molar-refractivity contribution in [1.29, 1.82) is 0 Å². The first-order valence-electron chi connectivity index (χ1n) is 9.12. The van der Waals surface area contributed by atoms with Crippen LogP contribution >= 0.6 is 0 Å². The predicted molar refractivity (Wildman–Crippen MR) is 95.1 cm³/mol. The van der Waals surface area contributed by atoms with Gasteiger partial charge in [-0.05, 0) is 67.4 Å². The first kappa shape index (κ1) is 13.5. The van der Waals surface area contributed by atoms with E-state index in [-0.39, 0.29) is 0 Å². The summed E-state index contributed by atoms with van der Waals surface area (Å²) in [7, 11) is 0. The molecule has 0 radical (unpaired) electrons. The van der Waals surface area contributed by atoms with Crippen LogP contribution in [-0.4, -0.2) is 12.6 Å². The Labute approximate surface area is 138 Å². The van der Waals surface area contributed by atoms with Crippen molar-refractivity contribution in [1.82, 2.24) is 5.32 Å². The lowest BCUT2D eigenvalue weighted by Crippen LogP contribution is -2.47. The highest BCUT2D eigenvalue weighted by molar-refractivity contribution is 5.58. The molecule has 1 N–H and O–H groups in total. The molecule has 2 nitrogen and oxygen atoms in total. The molecule has 2 aliphatic heterocycles. The number of allylic oxidation sites excluding steroid dienone is 3. The van der Waals surface area contributed by atoms with E-state index in [2.05, 4.69) is 52.7 Å². The molecular formula is C21H24N2. The van der Waals surface area contributed by atoms with Crippen molar-refractivity contribution in [3.8, 4) is 0 Å². The molecule has 1 atom stereocenters. The van der Waals surface area contributed by atoms with E-state index in [4.69, 9.17) is 0 Å². The highest BCUT2D eigenvalue weighted by atomic mass is 15.2. The van der Waals surface area contributed by atoms with E-state index in [1.807, 2.05) is 0 Å². The number of para-hydroxylation sites is 1. The zero-order chi connectivity index (χ0) is 15.2.